The SMILES string of the molecule is CC1(C(=O)O)C=CC=C(C(=O)O)C1C(O)c1cccc(Cl)c1. The molecule has 0 bridgehead atoms. The van der Waals surface area contributed by atoms with Gasteiger partial charge in [-0.25, -0.2) is 4.79 Å². The second-order valence-electron chi connectivity index (χ2n) is 5.35. The number of aliphatic carboxylic acids is 2. The maximum atomic E-state index is 11.6. The first-order valence-electron chi connectivity index (χ1n) is 6.57. The van der Waals surface area contributed by atoms with Gasteiger partial charge >= 0.3 is 11.9 Å². The number of halogens is 1. The zero-order chi connectivity index (χ0) is 16.5. The number of aliphatic hydroxyl groups excluding tert-OH is 1. The summed E-state index contributed by atoms with van der Waals surface area (Å²) in [5.74, 6) is -3.60. The predicted molar refractivity (Wildman–Crippen MR) is 80.5 cm³/mol. The second kappa shape index (κ2) is 5.94. The van der Waals surface area contributed by atoms with Crippen LogP contribution >= 0.6 is 11.6 Å². The predicted octanol–water partition coefficient (Wildman–Crippen LogP) is 2.66. The lowest BCUT2D eigenvalue weighted by Gasteiger charge is -2.37. The van der Waals surface area contributed by atoms with Crippen LogP contribution < -0.4 is 0 Å². The summed E-state index contributed by atoms with van der Waals surface area (Å²) in [7, 11) is 0. The number of carboxylic acids is 2. The summed E-state index contributed by atoms with van der Waals surface area (Å²) in [6.45, 7) is 1.39. The molecule has 3 atom stereocenters. The summed E-state index contributed by atoms with van der Waals surface area (Å²) in [6.07, 6.45) is 2.77. The fourth-order valence-electron chi connectivity index (χ4n) is 2.67. The van der Waals surface area contributed by atoms with Crippen LogP contribution in [0.5, 0.6) is 0 Å². The van der Waals surface area contributed by atoms with Crippen LogP contribution in [0.15, 0.2) is 48.1 Å². The molecule has 1 aliphatic carbocycles. The van der Waals surface area contributed by atoms with E-state index in [1.807, 2.05) is 0 Å². The number of carboxylic acid groups (broad SMARTS) is 2. The highest BCUT2D eigenvalue weighted by molar-refractivity contribution is 6.30. The molecule has 1 aliphatic rings. The largest absolute Gasteiger partial charge is 0.481 e. The van der Waals surface area contributed by atoms with Crippen molar-refractivity contribution in [2.75, 3.05) is 0 Å². The van der Waals surface area contributed by atoms with Gasteiger partial charge in [0, 0.05) is 16.5 Å². The molecule has 0 aromatic heterocycles. The first kappa shape index (κ1) is 16.3. The van der Waals surface area contributed by atoms with Gasteiger partial charge < -0.3 is 15.3 Å². The molecular formula is C16H15ClO5. The number of hydrogen-bond donors (Lipinski definition) is 3. The van der Waals surface area contributed by atoms with Gasteiger partial charge in [-0.05, 0) is 24.6 Å². The molecule has 2 rings (SSSR count). The highest BCUT2D eigenvalue weighted by Gasteiger charge is 2.48. The molecule has 3 N–H and O–H groups in total. The third-order valence-corrected chi connectivity index (χ3v) is 4.15. The van der Waals surface area contributed by atoms with Gasteiger partial charge in [-0.2, -0.15) is 0 Å². The Morgan fingerprint density at radius 1 is 1.32 bits per heavy atom. The van der Waals surface area contributed by atoms with Gasteiger partial charge in [-0.3, -0.25) is 4.79 Å². The van der Waals surface area contributed by atoms with Gasteiger partial charge in [0.15, 0.2) is 0 Å². The first-order valence-corrected chi connectivity index (χ1v) is 6.95. The smallest absolute Gasteiger partial charge is 0.332 e. The van der Waals surface area contributed by atoms with Crippen LogP contribution in [0.25, 0.3) is 0 Å². The molecule has 0 saturated heterocycles. The topological polar surface area (TPSA) is 94.8 Å². The van der Waals surface area contributed by atoms with E-state index in [4.69, 9.17) is 11.6 Å². The normalized spacial score (nSPS) is 25.4. The second-order valence-corrected chi connectivity index (χ2v) is 5.79. The monoisotopic (exact) mass is 322 g/mol. The van der Waals surface area contributed by atoms with Crippen molar-refractivity contribution in [1.82, 2.24) is 0 Å². The average Bonchev–Trinajstić information content (AvgIpc) is 2.46. The zero-order valence-electron chi connectivity index (χ0n) is 11.7. The van der Waals surface area contributed by atoms with E-state index in [1.165, 1.54) is 31.2 Å². The summed E-state index contributed by atoms with van der Waals surface area (Å²) >= 11 is 5.89. The highest BCUT2D eigenvalue weighted by atomic mass is 35.5. The average molecular weight is 323 g/mol. The van der Waals surface area contributed by atoms with Gasteiger partial charge in [-0.15, -0.1) is 0 Å². The molecule has 0 spiro atoms. The molecule has 0 aliphatic heterocycles. The molecule has 1 aromatic rings. The number of allylic oxidation sites excluding steroid dienone is 2. The van der Waals surface area contributed by atoms with Crippen LogP contribution in [0.2, 0.25) is 5.02 Å². The van der Waals surface area contributed by atoms with Crippen molar-refractivity contribution >= 4 is 23.5 Å². The highest BCUT2D eigenvalue weighted by Crippen LogP contribution is 2.45. The third kappa shape index (κ3) is 2.77. The van der Waals surface area contributed by atoms with Gasteiger partial charge in [-0.1, -0.05) is 42.0 Å². The minimum Gasteiger partial charge on any atom is -0.481 e. The van der Waals surface area contributed by atoms with Gasteiger partial charge in [0.1, 0.15) is 0 Å². The van der Waals surface area contributed by atoms with Crippen LogP contribution in [0.1, 0.15) is 18.6 Å². The van der Waals surface area contributed by atoms with E-state index in [1.54, 1.807) is 18.2 Å². The Morgan fingerprint density at radius 2 is 2.00 bits per heavy atom. The quantitative estimate of drug-likeness (QED) is 0.792. The van der Waals surface area contributed by atoms with Crippen molar-refractivity contribution in [3.8, 4) is 0 Å². The molecule has 0 fully saturated rings. The minimum atomic E-state index is -1.54. The Hall–Kier alpha value is -2.11. The Balaban J connectivity index is 2.54. The number of benzene rings is 1. The van der Waals surface area contributed by atoms with E-state index in [0.29, 0.717) is 10.6 Å². The van der Waals surface area contributed by atoms with Crippen molar-refractivity contribution in [2.24, 2.45) is 11.3 Å². The molecule has 22 heavy (non-hydrogen) atoms. The zero-order valence-corrected chi connectivity index (χ0v) is 12.5. The fourth-order valence-corrected chi connectivity index (χ4v) is 2.87. The Bertz CT molecular complexity index is 679. The summed E-state index contributed by atoms with van der Waals surface area (Å²) in [4.78, 5) is 23.1. The minimum absolute atomic E-state index is 0.153. The molecule has 0 heterocycles. The summed E-state index contributed by atoms with van der Waals surface area (Å²) in [5.41, 5.74) is -1.32. The van der Waals surface area contributed by atoms with E-state index in [0.717, 1.165) is 0 Å². The molecule has 0 radical (unpaired) electrons. The van der Waals surface area contributed by atoms with Crippen LogP contribution in [0, 0.1) is 11.3 Å². The summed E-state index contributed by atoms with van der Waals surface area (Å²) in [6, 6.07) is 6.30. The van der Waals surface area contributed by atoms with Gasteiger partial charge in [0.2, 0.25) is 0 Å². The molecule has 3 unspecified atom stereocenters. The number of carbonyl (C=O) groups is 2. The van der Waals surface area contributed by atoms with E-state index in [2.05, 4.69) is 0 Å². The van der Waals surface area contributed by atoms with E-state index in [9.17, 15) is 24.9 Å². The lowest BCUT2D eigenvalue weighted by molar-refractivity contribution is -0.150. The fraction of sp³-hybridized carbons (Fsp3) is 0.250. The Kier molecular flexibility index (Phi) is 4.39. The van der Waals surface area contributed by atoms with Crippen molar-refractivity contribution < 1.29 is 24.9 Å². The summed E-state index contributed by atoms with van der Waals surface area (Å²) in [5, 5.41) is 29.8. The summed E-state index contributed by atoms with van der Waals surface area (Å²) < 4.78 is 0. The number of hydrogen-bond acceptors (Lipinski definition) is 3. The van der Waals surface area contributed by atoms with Crippen molar-refractivity contribution in [2.45, 2.75) is 13.0 Å². The van der Waals surface area contributed by atoms with E-state index < -0.39 is 29.4 Å². The molecular weight excluding hydrogens is 308 g/mol. The lowest BCUT2D eigenvalue weighted by atomic mass is 9.66. The molecule has 6 heteroatoms. The standard InChI is InChI=1S/C16H15ClO5/c1-16(15(21)22)7-3-6-11(14(19)20)12(16)13(18)9-4-2-5-10(17)8-9/h2-8,12-13,18H,1H3,(H,19,20)(H,21,22). The maximum Gasteiger partial charge on any atom is 0.332 e. The van der Waals surface area contributed by atoms with Crippen LogP contribution in [-0.2, 0) is 9.59 Å². The maximum absolute atomic E-state index is 11.6. The number of aliphatic hydroxyl groups is 1. The third-order valence-electron chi connectivity index (χ3n) is 3.91. The molecule has 116 valence electrons. The van der Waals surface area contributed by atoms with Crippen LogP contribution in [0.3, 0.4) is 0 Å². The van der Waals surface area contributed by atoms with Gasteiger partial charge in [0.05, 0.1) is 11.5 Å². The molecule has 1 aromatic carbocycles. The first-order chi connectivity index (χ1) is 10.3. The molecule has 0 saturated carbocycles. The molecule has 5 nitrogen and oxygen atoms in total. The Morgan fingerprint density at radius 3 is 2.55 bits per heavy atom. The van der Waals surface area contributed by atoms with Crippen molar-refractivity contribution in [3.63, 3.8) is 0 Å². The molecule has 0 amide bonds. The van der Waals surface area contributed by atoms with Crippen LogP contribution in [0.4, 0.5) is 0 Å². The van der Waals surface area contributed by atoms with Crippen LogP contribution in [-0.4, -0.2) is 27.3 Å². The van der Waals surface area contributed by atoms with Crippen molar-refractivity contribution in [3.05, 3.63) is 58.7 Å². The van der Waals surface area contributed by atoms with Gasteiger partial charge in [0.25, 0.3) is 0 Å². The lowest BCUT2D eigenvalue weighted by Crippen LogP contribution is -2.41. The van der Waals surface area contributed by atoms with E-state index in [-0.39, 0.29) is 5.57 Å². The van der Waals surface area contributed by atoms with E-state index >= 15 is 0 Å². The van der Waals surface area contributed by atoms with Crippen molar-refractivity contribution in [1.29, 1.82) is 0 Å². The number of rotatable bonds is 4. The Labute approximate surface area is 132 Å².